The second kappa shape index (κ2) is 9.21. The van der Waals surface area contributed by atoms with Crippen molar-refractivity contribution in [2.75, 3.05) is 0 Å². The van der Waals surface area contributed by atoms with E-state index in [1.807, 2.05) is 0 Å². The predicted octanol–water partition coefficient (Wildman–Crippen LogP) is 2.13. The number of hydrogen-bond donors (Lipinski definition) is 0. The summed E-state index contributed by atoms with van der Waals surface area (Å²) in [6, 6.07) is 17.5. The van der Waals surface area contributed by atoms with Gasteiger partial charge in [-0.05, 0) is 60.7 Å². The molecule has 4 aliphatic rings. The molecule has 8 amide bonds. The molecule has 0 N–H and O–H groups in total. The Kier molecular flexibility index (Phi) is 5.47. The third-order valence-electron chi connectivity index (χ3n) is 8.24. The minimum atomic E-state index is -4.53. The quantitative estimate of drug-likeness (QED) is 0.298. The highest BCUT2D eigenvalue weighted by Crippen LogP contribution is 2.35. The number of rotatable bonds is 4. The van der Waals surface area contributed by atoms with E-state index in [-0.39, 0.29) is 33.4 Å². The summed E-state index contributed by atoms with van der Waals surface area (Å²) in [4.78, 5) is 104. The van der Waals surface area contributed by atoms with Crippen LogP contribution in [-0.2, 0) is 9.84 Å². The van der Waals surface area contributed by atoms with Gasteiger partial charge in [-0.25, -0.2) is 8.42 Å². The number of sulfone groups is 1. The molecular weight excluding hydrogens is 632 g/mol. The molecule has 0 fully saturated rings. The molecule has 8 rings (SSSR count). The molecule has 0 bridgehead atoms. The molecule has 0 saturated carbocycles. The lowest BCUT2D eigenvalue weighted by Crippen LogP contribution is -2.49. The van der Waals surface area contributed by atoms with Crippen LogP contribution < -0.4 is 0 Å². The van der Waals surface area contributed by atoms with E-state index in [0.29, 0.717) is 20.0 Å². The van der Waals surface area contributed by atoms with Gasteiger partial charge < -0.3 is 0 Å². The molecule has 0 aromatic heterocycles. The van der Waals surface area contributed by atoms with Crippen molar-refractivity contribution in [3.8, 4) is 0 Å². The average Bonchev–Trinajstić information content (AvgIpc) is 3.67. The summed E-state index contributed by atoms with van der Waals surface area (Å²) in [5, 5.41) is 1.54. The summed E-state index contributed by atoms with van der Waals surface area (Å²) in [5.74, 6) is -7.86. The molecule has 4 aliphatic heterocycles. The van der Waals surface area contributed by atoms with Gasteiger partial charge in [-0.3, -0.25) is 38.4 Å². The maximum Gasteiger partial charge on any atom is 0.281 e. The topological polar surface area (TPSA) is 184 Å². The van der Waals surface area contributed by atoms with Crippen LogP contribution in [0.4, 0.5) is 0 Å². The Morgan fingerprint density at radius 2 is 0.553 bits per heavy atom. The Morgan fingerprint density at radius 1 is 0.319 bits per heavy atom. The van der Waals surface area contributed by atoms with Crippen molar-refractivity contribution in [3.05, 3.63) is 129 Å². The second-order valence-electron chi connectivity index (χ2n) is 10.7. The highest BCUT2D eigenvalue weighted by molar-refractivity contribution is 7.91. The van der Waals surface area contributed by atoms with Gasteiger partial charge in [0.1, 0.15) is 0 Å². The molecule has 4 aromatic carbocycles. The number of hydrogen-bond acceptors (Lipinski definition) is 10. The van der Waals surface area contributed by atoms with Crippen LogP contribution in [0.25, 0.3) is 0 Å². The fraction of sp³-hybridized carbons (Fsp3) is 0. The summed E-state index contributed by atoms with van der Waals surface area (Å²) in [6.07, 6.45) is 0. The van der Waals surface area contributed by atoms with E-state index in [2.05, 4.69) is 0 Å². The number of hydrazine groups is 2. The van der Waals surface area contributed by atoms with Gasteiger partial charge in [0, 0.05) is 0 Å². The van der Waals surface area contributed by atoms with Crippen LogP contribution in [0.2, 0.25) is 0 Å². The lowest BCUT2D eigenvalue weighted by molar-refractivity contribution is 0.00845. The van der Waals surface area contributed by atoms with Crippen LogP contribution in [-0.4, -0.2) is 75.7 Å². The van der Waals surface area contributed by atoms with E-state index in [0.717, 1.165) is 36.4 Å². The smallest absolute Gasteiger partial charge is 0.267 e. The van der Waals surface area contributed by atoms with E-state index < -0.39 is 78.0 Å². The van der Waals surface area contributed by atoms with Crippen molar-refractivity contribution in [2.24, 2.45) is 0 Å². The van der Waals surface area contributed by atoms with Crippen molar-refractivity contribution in [1.29, 1.82) is 0 Å². The van der Waals surface area contributed by atoms with E-state index in [1.165, 1.54) is 48.5 Å². The van der Waals surface area contributed by atoms with E-state index >= 15 is 0 Å². The molecule has 0 saturated heterocycles. The number of benzene rings is 4. The van der Waals surface area contributed by atoms with Gasteiger partial charge in [-0.15, -0.1) is 0 Å². The second-order valence-corrected chi connectivity index (χ2v) is 12.6. The van der Waals surface area contributed by atoms with E-state index in [4.69, 9.17) is 0 Å². The molecule has 0 spiro atoms. The van der Waals surface area contributed by atoms with Gasteiger partial charge >= 0.3 is 0 Å². The lowest BCUT2D eigenvalue weighted by atomic mass is 10.1. The maximum atomic E-state index is 13.7. The van der Waals surface area contributed by atoms with Crippen LogP contribution >= 0.6 is 0 Å². The summed E-state index contributed by atoms with van der Waals surface area (Å²) in [6.45, 7) is 0. The normalized spacial score (nSPS) is 16.9. The fourth-order valence-corrected chi connectivity index (χ4v) is 7.28. The largest absolute Gasteiger partial charge is 0.281 e. The van der Waals surface area contributed by atoms with Gasteiger partial charge in [-0.1, -0.05) is 24.3 Å². The van der Waals surface area contributed by atoms with Crippen molar-refractivity contribution < 1.29 is 46.8 Å². The Morgan fingerprint density at radius 3 is 0.830 bits per heavy atom. The number of carbonyl (C=O) groups is 8. The zero-order valence-corrected chi connectivity index (χ0v) is 24.2. The molecular formula is C32H14N4O10S. The Hall–Kier alpha value is -6.61. The van der Waals surface area contributed by atoms with Gasteiger partial charge in [0.2, 0.25) is 9.84 Å². The molecule has 0 radical (unpaired) electrons. The molecule has 0 atom stereocenters. The monoisotopic (exact) mass is 646 g/mol. The SMILES string of the molecule is O=C1c2ccccc2C(=O)N1N1C(=O)c2ccc(S(=O)(=O)c3ccc4c(c3)C(=O)N(N3C(=O)c5ccccc5C3=O)C4=O)cc2C1=O. The minimum Gasteiger partial charge on any atom is -0.267 e. The first kappa shape index (κ1) is 27.9. The first-order chi connectivity index (χ1) is 22.4. The average molecular weight is 647 g/mol. The van der Waals surface area contributed by atoms with Crippen LogP contribution in [0.1, 0.15) is 82.9 Å². The molecule has 0 aliphatic carbocycles. The molecule has 47 heavy (non-hydrogen) atoms. The number of amides is 8. The summed E-state index contributed by atoms with van der Waals surface area (Å²) < 4.78 is 27.5. The first-order valence-electron chi connectivity index (χ1n) is 13.7. The molecule has 4 aromatic rings. The number of nitrogens with zero attached hydrogens (tertiary/aromatic N) is 4. The number of imide groups is 4. The molecule has 15 heteroatoms. The molecule has 4 heterocycles. The highest BCUT2D eigenvalue weighted by atomic mass is 32.2. The van der Waals surface area contributed by atoms with Crippen molar-refractivity contribution in [3.63, 3.8) is 0 Å². The maximum absolute atomic E-state index is 13.7. The van der Waals surface area contributed by atoms with Crippen LogP contribution in [0.3, 0.4) is 0 Å². The summed E-state index contributed by atoms with van der Waals surface area (Å²) in [7, 11) is -4.53. The van der Waals surface area contributed by atoms with Gasteiger partial charge in [0.05, 0.1) is 54.3 Å². The van der Waals surface area contributed by atoms with E-state index in [9.17, 15) is 46.8 Å². The van der Waals surface area contributed by atoms with Crippen molar-refractivity contribution in [2.45, 2.75) is 9.79 Å². The minimum absolute atomic E-state index is 0.0106. The zero-order chi connectivity index (χ0) is 33.1. The first-order valence-corrected chi connectivity index (χ1v) is 15.2. The Labute approximate surface area is 262 Å². The lowest BCUT2D eigenvalue weighted by Gasteiger charge is -2.23. The third-order valence-corrected chi connectivity index (χ3v) is 9.99. The van der Waals surface area contributed by atoms with Gasteiger partial charge in [0.25, 0.3) is 47.3 Å². The molecule has 228 valence electrons. The third kappa shape index (κ3) is 3.50. The fourth-order valence-electron chi connectivity index (χ4n) is 5.96. The van der Waals surface area contributed by atoms with Crippen LogP contribution in [0.5, 0.6) is 0 Å². The van der Waals surface area contributed by atoms with Crippen molar-refractivity contribution in [1.82, 2.24) is 20.0 Å². The number of fused-ring (bicyclic) bond motifs is 4. The van der Waals surface area contributed by atoms with Crippen molar-refractivity contribution >= 4 is 57.1 Å². The standard InChI is InChI=1S/C32H14N4O10S/c37-25-17-5-1-2-6-18(17)26(38)33(25)35-29(41)21-11-9-15(13-23(21)31(35)43)47(45,46)16-10-12-22-24(14-16)32(44)36(30(22)42)34-27(39)19-7-3-4-8-20(19)28(34)40/h1-14H. The molecule has 14 nitrogen and oxygen atoms in total. The zero-order valence-electron chi connectivity index (χ0n) is 23.4. The van der Waals surface area contributed by atoms with Crippen LogP contribution in [0, 0.1) is 0 Å². The summed E-state index contributed by atoms with van der Waals surface area (Å²) >= 11 is 0. The highest BCUT2D eigenvalue weighted by Gasteiger charge is 2.50. The number of carbonyl (C=O) groups excluding carboxylic acids is 8. The van der Waals surface area contributed by atoms with Gasteiger partial charge in [-0.2, -0.15) is 20.0 Å². The van der Waals surface area contributed by atoms with Gasteiger partial charge in [0.15, 0.2) is 0 Å². The Balaban J connectivity index is 1.11. The van der Waals surface area contributed by atoms with E-state index in [1.54, 1.807) is 0 Å². The molecule has 0 unspecified atom stereocenters. The summed E-state index contributed by atoms with van der Waals surface area (Å²) in [5.41, 5.74) is -1.33. The Bertz CT molecular complexity index is 2190. The predicted molar refractivity (Wildman–Crippen MR) is 153 cm³/mol. The van der Waals surface area contributed by atoms with Crippen LogP contribution in [0.15, 0.2) is 94.7 Å².